The van der Waals surface area contributed by atoms with Crippen molar-refractivity contribution in [2.75, 3.05) is 29.2 Å². The minimum absolute atomic E-state index is 0.0907. The number of nitrogens with zero attached hydrogens (tertiary/aromatic N) is 1. The van der Waals surface area contributed by atoms with Crippen molar-refractivity contribution in [2.24, 2.45) is 0 Å². The molecule has 4 nitrogen and oxygen atoms in total. The van der Waals surface area contributed by atoms with Gasteiger partial charge in [-0.05, 0) is 30.5 Å². The molecule has 1 saturated carbocycles. The average molecular weight is 295 g/mol. The Bertz CT molecular complexity index is 543. The van der Waals surface area contributed by atoms with E-state index in [2.05, 4.69) is 11.4 Å². The van der Waals surface area contributed by atoms with Gasteiger partial charge in [0.25, 0.3) is 0 Å². The Hall–Kier alpha value is -1.26. The molecule has 3 rings (SSSR count). The van der Waals surface area contributed by atoms with E-state index < -0.39 is 6.10 Å². The monoisotopic (exact) mass is 294 g/mol. The largest absolute Gasteiger partial charge is 0.390 e. The standard InChI is InChI=1S/C15H19ClN2O2/c1-10(19)18-9-15(4-5-15)13-3-2-11(6-14(13)18)17-8-12(20)7-16/h2-3,6,12,17,20H,4-5,7-9H2,1H3. The molecule has 20 heavy (non-hydrogen) atoms. The quantitative estimate of drug-likeness (QED) is 0.836. The number of fused-ring (bicyclic) bond motifs is 2. The van der Waals surface area contributed by atoms with Crippen LogP contribution in [0.5, 0.6) is 0 Å². The van der Waals surface area contributed by atoms with Gasteiger partial charge in [-0.1, -0.05) is 6.07 Å². The van der Waals surface area contributed by atoms with Gasteiger partial charge in [0, 0.05) is 36.8 Å². The van der Waals surface area contributed by atoms with Crippen LogP contribution in [0.2, 0.25) is 0 Å². The van der Waals surface area contributed by atoms with Crippen LogP contribution in [0.1, 0.15) is 25.3 Å². The Morgan fingerprint density at radius 2 is 2.30 bits per heavy atom. The lowest BCUT2D eigenvalue weighted by Gasteiger charge is -2.16. The highest BCUT2D eigenvalue weighted by Gasteiger charge is 2.52. The summed E-state index contributed by atoms with van der Waals surface area (Å²) in [4.78, 5) is 13.7. The van der Waals surface area contributed by atoms with Crippen molar-refractivity contribution in [3.8, 4) is 0 Å². The molecule has 2 N–H and O–H groups in total. The Labute approximate surface area is 123 Å². The highest BCUT2D eigenvalue weighted by atomic mass is 35.5. The van der Waals surface area contributed by atoms with Gasteiger partial charge in [-0.2, -0.15) is 0 Å². The predicted molar refractivity (Wildman–Crippen MR) is 80.6 cm³/mol. The summed E-state index contributed by atoms with van der Waals surface area (Å²) in [5.74, 6) is 0.300. The van der Waals surface area contributed by atoms with E-state index in [1.54, 1.807) is 6.92 Å². The highest BCUT2D eigenvalue weighted by molar-refractivity contribution is 6.18. The maximum Gasteiger partial charge on any atom is 0.223 e. The van der Waals surface area contributed by atoms with Crippen molar-refractivity contribution in [1.29, 1.82) is 0 Å². The lowest BCUT2D eigenvalue weighted by atomic mass is 9.98. The molecule has 1 spiro atoms. The fraction of sp³-hybridized carbons (Fsp3) is 0.533. The highest BCUT2D eigenvalue weighted by Crippen LogP contribution is 2.56. The van der Waals surface area contributed by atoms with Gasteiger partial charge < -0.3 is 15.3 Å². The van der Waals surface area contributed by atoms with E-state index >= 15 is 0 Å². The molecular weight excluding hydrogens is 276 g/mol. The molecular formula is C15H19ClN2O2. The zero-order valence-corrected chi connectivity index (χ0v) is 12.3. The fourth-order valence-electron chi connectivity index (χ4n) is 2.94. The van der Waals surface area contributed by atoms with Crippen LogP contribution in [0.3, 0.4) is 0 Å². The van der Waals surface area contributed by atoms with E-state index in [9.17, 15) is 9.90 Å². The van der Waals surface area contributed by atoms with E-state index in [1.165, 1.54) is 18.4 Å². The molecule has 1 aromatic carbocycles. The van der Waals surface area contributed by atoms with E-state index in [4.69, 9.17) is 11.6 Å². The van der Waals surface area contributed by atoms with E-state index in [0.717, 1.165) is 17.9 Å². The third kappa shape index (κ3) is 2.27. The SMILES string of the molecule is CC(=O)N1CC2(CC2)c2ccc(NCC(O)CCl)cc21. The number of aliphatic hydroxyl groups excluding tert-OH is 1. The van der Waals surface area contributed by atoms with Crippen LogP contribution in [0, 0.1) is 0 Å². The lowest BCUT2D eigenvalue weighted by Crippen LogP contribution is -2.29. The summed E-state index contributed by atoms with van der Waals surface area (Å²) in [7, 11) is 0. The van der Waals surface area contributed by atoms with Crippen molar-refractivity contribution in [3.05, 3.63) is 23.8 Å². The maximum absolute atomic E-state index is 11.8. The van der Waals surface area contributed by atoms with Crippen LogP contribution in [-0.4, -0.2) is 36.1 Å². The molecule has 1 amide bonds. The first-order valence-electron chi connectivity index (χ1n) is 6.96. The van der Waals surface area contributed by atoms with Crippen LogP contribution in [0.15, 0.2) is 18.2 Å². The van der Waals surface area contributed by atoms with E-state index in [0.29, 0.717) is 6.54 Å². The second-order valence-corrected chi connectivity index (χ2v) is 6.12. The van der Waals surface area contributed by atoms with Gasteiger partial charge in [-0.25, -0.2) is 0 Å². The minimum Gasteiger partial charge on any atom is -0.390 e. The van der Waals surface area contributed by atoms with Crippen molar-refractivity contribution >= 4 is 28.9 Å². The van der Waals surface area contributed by atoms with Gasteiger partial charge in [0.05, 0.1) is 12.0 Å². The number of benzene rings is 1. The number of alkyl halides is 1. The molecule has 1 atom stereocenters. The third-order valence-electron chi connectivity index (χ3n) is 4.27. The molecule has 2 aliphatic rings. The maximum atomic E-state index is 11.8. The molecule has 1 aliphatic carbocycles. The molecule has 0 radical (unpaired) electrons. The third-order valence-corrected chi connectivity index (χ3v) is 4.63. The first-order valence-corrected chi connectivity index (χ1v) is 7.50. The number of carbonyl (C=O) groups is 1. The summed E-state index contributed by atoms with van der Waals surface area (Å²) in [5, 5.41) is 12.6. The summed E-state index contributed by atoms with van der Waals surface area (Å²) >= 11 is 5.58. The Morgan fingerprint density at radius 1 is 1.55 bits per heavy atom. The molecule has 0 saturated heterocycles. The van der Waals surface area contributed by atoms with Crippen LogP contribution in [0.25, 0.3) is 0 Å². The molecule has 0 bridgehead atoms. The smallest absolute Gasteiger partial charge is 0.223 e. The van der Waals surface area contributed by atoms with Crippen LogP contribution >= 0.6 is 11.6 Å². The summed E-state index contributed by atoms with van der Waals surface area (Å²) in [6.45, 7) is 2.83. The van der Waals surface area contributed by atoms with Gasteiger partial charge in [-0.3, -0.25) is 4.79 Å². The van der Waals surface area contributed by atoms with Crippen LogP contribution in [0.4, 0.5) is 11.4 Å². The number of rotatable bonds is 4. The molecule has 1 heterocycles. The first kappa shape index (κ1) is 13.7. The van der Waals surface area contributed by atoms with E-state index in [1.807, 2.05) is 17.0 Å². The number of halogens is 1. The zero-order chi connectivity index (χ0) is 14.3. The van der Waals surface area contributed by atoms with Gasteiger partial charge in [-0.15, -0.1) is 11.6 Å². The minimum atomic E-state index is -0.566. The number of amides is 1. The molecule has 5 heteroatoms. The predicted octanol–water partition coefficient (Wildman–Crippen LogP) is 2.10. The number of aliphatic hydroxyl groups is 1. The van der Waals surface area contributed by atoms with Crippen molar-refractivity contribution in [2.45, 2.75) is 31.3 Å². The van der Waals surface area contributed by atoms with Crippen molar-refractivity contribution in [3.63, 3.8) is 0 Å². The van der Waals surface area contributed by atoms with Crippen LogP contribution < -0.4 is 10.2 Å². The lowest BCUT2D eigenvalue weighted by molar-refractivity contribution is -0.116. The summed E-state index contributed by atoms with van der Waals surface area (Å²) < 4.78 is 0. The molecule has 1 aliphatic heterocycles. The Morgan fingerprint density at radius 3 is 2.90 bits per heavy atom. The average Bonchev–Trinajstić information content (AvgIpc) is 3.14. The topological polar surface area (TPSA) is 52.6 Å². The molecule has 1 aromatic rings. The van der Waals surface area contributed by atoms with Crippen LogP contribution in [-0.2, 0) is 10.2 Å². The normalized spacial score (nSPS) is 19.9. The van der Waals surface area contributed by atoms with Gasteiger partial charge in [0.1, 0.15) is 0 Å². The second-order valence-electron chi connectivity index (χ2n) is 5.81. The summed E-state index contributed by atoms with van der Waals surface area (Å²) in [5.41, 5.74) is 3.43. The molecule has 0 aromatic heterocycles. The second kappa shape index (κ2) is 4.93. The zero-order valence-electron chi connectivity index (χ0n) is 11.5. The summed E-state index contributed by atoms with van der Waals surface area (Å²) in [6, 6.07) is 6.13. The van der Waals surface area contributed by atoms with Gasteiger partial charge in [0.2, 0.25) is 5.91 Å². The number of anilines is 2. The fourth-order valence-corrected chi connectivity index (χ4v) is 3.05. The molecule has 108 valence electrons. The molecule has 1 unspecified atom stereocenters. The van der Waals surface area contributed by atoms with Crippen molar-refractivity contribution < 1.29 is 9.90 Å². The summed E-state index contributed by atoms with van der Waals surface area (Å²) in [6.07, 6.45) is 1.77. The number of carbonyl (C=O) groups excluding carboxylic acids is 1. The number of hydrogen-bond donors (Lipinski definition) is 2. The molecule has 1 fully saturated rings. The number of nitrogens with one attached hydrogen (secondary N) is 1. The Balaban J connectivity index is 1.84. The van der Waals surface area contributed by atoms with Crippen molar-refractivity contribution in [1.82, 2.24) is 0 Å². The Kier molecular flexibility index (Phi) is 3.38. The van der Waals surface area contributed by atoms with Gasteiger partial charge in [0.15, 0.2) is 0 Å². The first-order chi connectivity index (χ1) is 9.55. The number of hydrogen-bond acceptors (Lipinski definition) is 3. The van der Waals surface area contributed by atoms with E-state index in [-0.39, 0.29) is 17.2 Å². The van der Waals surface area contributed by atoms with Gasteiger partial charge >= 0.3 is 0 Å².